The lowest BCUT2D eigenvalue weighted by molar-refractivity contribution is 0.179. The van der Waals surface area contributed by atoms with E-state index in [0.29, 0.717) is 23.1 Å². The van der Waals surface area contributed by atoms with Crippen molar-refractivity contribution in [1.82, 2.24) is 14.3 Å². The predicted octanol–water partition coefficient (Wildman–Crippen LogP) is 1.94. The molecule has 0 spiro atoms. The molecule has 1 saturated heterocycles. The average Bonchev–Trinajstić information content (AvgIpc) is 2.49. The fraction of sp³-hybridized carbons (Fsp3) is 0.467. The number of nitrogens with zero attached hydrogens (tertiary/aromatic N) is 3. The van der Waals surface area contributed by atoms with Gasteiger partial charge in [0.25, 0.3) is 5.56 Å². The number of pyridine rings is 1. The van der Waals surface area contributed by atoms with Crippen LogP contribution in [0, 0.1) is 5.92 Å². The molecule has 0 radical (unpaired) electrons. The van der Waals surface area contributed by atoms with Crippen molar-refractivity contribution >= 4 is 29.7 Å². The van der Waals surface area contributed by atoms with E-state index in [1.807, 2.05) is 0 Å². The van der Waals surface area contributed by atoms with Gasteiger partial charge in [-0.1, -0.05) is 11.6 Å². The Labute approximate surface area is 140 Å². The fourth-order valence-electron chi connectivity index (χ4n) is 2.82. The fourth-order valence-corrected chi connectivity index (χ4v) is 2.98. The van der Waals surface area contributed by atoms with Gasteiger partial charge in [0.05, 0.1) is 10.7 Å². The van der Waals surface area contributed by atoms with Crippen LogP contribution in [-0.4, -0.2) is 33.9 Å². The molecule has 0 aliphatic carbocycles. The topological polar surface area (TPSA) is 63.6 Å². The number of fused-ring (bicyclic) bond motifs is 1. The highest BCUT2D eigenvalue weighted by Gasteiger charge is 2.18. The molecule has 0 bridgehead atoms. The normalized spacial score (nSPS) is 16.6. The van der Waals surface area contributed by atoms with E-state index in [2.05, 4.69) is 9.88 Å². The Morgan fingerprint density at radius 2 is 2.05 bits per heavy atom. The second-order valence-electron chi connectivity index (χ2n) is 5.62. The molecule has 22 heavy (non-hydrogen) atoms. The molecule has 1 fully saturated rings. The first-order valence-corrected chi connectivity index (χ1v) is 7.64. The Morgan fingerprint density at radius 1 is 1.32 bits per heavy atom. The van der Waals surface area contributed by atoms with E-state index in [1.165, 1.54) is 4.40 Å². The zero-order valence-electron chi connectivity index (χ0n) is 12.2. The minimum atomic E-state index is -0.0886. The molecule has 1 aliphatic heterocycles. The van der Waals surface area contributed by atoms with Crippen molar-refractivity contribution in [3.8, 4) is 0 Å². The van der Waals surface area contributed by atoms with Gasteiger partial charge in [-0.25, -0.2) is 4.98 Å². The van der Waals surface area contributed by atoms with E-state index < -0.39 is 0 Å². The summed E-state index contributed by atoms with van der Waals surface area (Å²) in [7, 11) is 0. The molecule has 120 valence electrons. The van der Waals surface area contributed by atoms with Crippen LogP contribution in [0.25, 0.3) is 5.65 Å². The zero-order chi connectivity index (χ0) is 14.8. The maximum Gasteiger partial charge on any atom is 0.258 e. The van der Waals surface area contributed by atoms with Crippen LogP contribution >= 0.6 is 24.0 Å². The lowest BCUT2D eigenvalue weighted by Crippen LogP contribution is -2.36. The van der Waals surface area contributed by atoms with Crippen LogP contribution in [0.5, 0.6) is 0 Å². The molecule has 0 aromatic carbocycles. The summed E-state index contributed by atoms with van der Waals surface area (Å²) in [5.74, 6) is 0.638. The minimum absolute atomic E-state index is 0. The van der Waals surface area contributed by atoms with Crippen molar-refractivity contribution in [2.45, 2.75) is 19.4 Å². The summed E-state index contributed by atoms with van der Waals surface area (Å²) >= 11 is 5.91. The van der Waals surface area contributed by atoms with E-state index in [0.717, 1.165) is 38.2 Å². The highest BCUT2D eigenvalue weighted by atomic mass is 35.5. The van der Waals surface area contributed by atoms with Crippen LogP contribution in [-0.2, 0) is 6.54 Å². The lowest BCUT2D eigenvalue weighted by atomic mass is 9.97. The van der Waals surface area contributed by atoms with Crippen molar-refractivity contribution in [3.05, 3.63) is 45.5 Å². The van der Waals surface area contributed by atoms with Gasteiger partial charge in [-0.15, -0.1) is 12.4 Å². The summed E-state index contributed by atoms with van der Waals surface area (Å²) in [6.07, 6.45) is 3.85. The van der Waals surface area contributed by atoms with Gasteiger partial charge in [-0.2, -0.15) is 0 Å². The number of nitrogens with two attached hydrogens (primary N) is 1. The summed E-state index contributed by atoms with van der Waals surface area (Å²) in [6.45, 7) is 3.52. The molecule has 3 rings (SSSR count). The van der Waals surface area contributed by atoms with Gasteiger partial charge in [0.1, 0.15) is 5.65 Å². The molecule has 0 unspecified atom stereocenters. The largest absolute Gasteiger partial charge is 0.330 e. The second-order valence-corrected chi connectivity index (χ2v) is 6.05. The van der Waals surface area contributed by atoms with E-state index >= 15 is 0 Å². The molecule has 2 aromatic heterocycles. The molecule has 2 N–H and O–H groups in total. The molecule has 1 aliphatic rings. The third-order valence-electron chi connectivity index (χ3n) is 4.10. The SMILES string of the molecule is Cl.NCC1CCN(Cc2cc(=O)n3cc(Cl)ccc3n2)CC1. The smallest absolute Gasteiger partial charge is 0.258 e. The van der Waals surface area contributed by atoms with Crippen LogP contribution in [0.1, 0.15) is 18.5 Å². The van der Waals surface area contributed by atoms with E-state index in [-0.39, 0.29) is 18.0 Å². The van der Waals surface area contributed by atoms with Gasteiger partial charge in [-0.05, 0) is 50.5 Å². The van der Waals surface area contributed by atoms with Crippen molar-refractivity contribution < 1.29 is 0 Å². The van der Waals surface area contributed by atoms with E-state index in [9.17, 15) is 4.79 Å². The van der Waals surface area contributed by atoms with Crippen molar-refractivity contribution in [1.29, 1.82) is 0 Å². The Kier molecular flexibility index (Phi) is 5.81. The number of aromatic nitrogens is 2. The molecule has 3 heterocycles. The summed E-state index contributed by atoms with van der Waals surface area (Å²) in [5.41, 5.74) is 7.07. The van der Waals surface area contributed by atoms with Gasteiger partial charge in [-0.3, -0.25) is 14.1 Å². The van der Waals surface area contributed by atoms with Crippen molar-refractivity contribution in [3.63, 3.8) is 0 Å². The standard InChI is InChI=1S/C15H19ClN4O.ClH/c16-12-1-2-14-18-13(7-15(21)20(14)9-12)10-19-5-3-11(8-17)4-6-19;/h1-2,7,9,11H,3-6,8,10,17H2;1H. The number of likely N-dealkylation sites (tertiary alicyclic amines) is 1. The van der Waals surface area contributed by atoms with Crippen molar-refractivity contribution in [2.24, 2.45) is 11.7 Å². The highest BCUT2D eigenvalue weighted by Crippen LogP contribution is 2.17. The van der Waals surface area contributed by atoms with Crippen LogP contribution in [0.4, 0.5) is 0 Å². The molecule has 2 aromatic rings. The Bertz CT molecular complexity index is 695. The van der Waals surface area contributed by atoms with Gasteiger partial charge in [0, 0.05) is 18.8 Å². The Hall–Kier alpha value is -1.14. The second kappa shape index (κ2) is 7.42. The summed E-state index contributed by atoms with van der Waals surface area (Å²) in [4.78, 5) is 19.0. The molecule has 0 amide bonds. The molecule has 7 heteroatoms. The first kappa shape index (κ1) is 17.2. The van der Waals surface area contributed by atoms with Crippen LogP contribution in [0.2, 0.25) is 5.02 Å². The van der Waals surface area contributed by atoms with E-state index in [4.69, 9.17) is 17.3 Å². The van der Waals surface area contributed by atoms with Gasteiger partial charge < -0.3 is 5.73 Å². The number of hydrogen-bond acceptors (Lipinski definition) is 4. The molecule has 0 atom stereocenters. The van der Waals surface area contributed by atoms with Gasteiger partial charge in [0.15, 0.2) is 0 Å². The third kappa shape index (κ3) is 3.79. The van der Waals surface area contributed by atoms with Crippen LogP contribution < -0.4 is 11.3 Å². The quantitative estimate of drug-likeness (QED) is 0.925. The molecular weight excluding hydrogens is 323 g/mol. The van der Waals surface area contributed by atoms with Crippen LogP contribution in [0.15, 0.2) is 29.2 Å². The molecular formula is C15H20Cl2N4O. The summed E-state index contributed by atoms with van der Waals surface area (Å²) in [5, 5.41) is 0.531. The monoisotopic (exact) mass is 342 g/mol. The minimum Gasteiger partial charge on any atom is -0.330 e. The third-order valence-corrected chi connectivity index (χ3v) is 4.33. The summed E-state index contributed by atoms with van der Waals surface area (Å²) < 4.78 is 1.48. The lowest BCUT2D eigenvalue weighted by Gasteiger charge is -2.30. The summed E-state index contributed by atoms with van der Waals surface area (Å²) in [6, 6.07) is 5.12. The average molecular weight is 343 g/mol. The maximum absolute atomic E-state index is 12.1. The maximum atomic E-state index is 12.1. The highest BCUT2D eigenvalue weighted by molar-refractivity contribution is 6.30. The van der Waals surface area contributed by atoms with Gasteiger partial charge >= 0.3 is 0 Å². The number of hydrogen-bond donors (Lipinski definition) is 1. The van der Waals surface area contributed by atoms with Gasteiger partial charge in [0.2, 0.25) is 0 Å². The molecule has 5 nitrogen and oxygen atoms in total. The first-order chi connectivity index (χ1) is 10.2. The van der Waals surface area contributed by atoms with E-state index in [1.54, 1.807) is 24.4 Å². The molecule has 0 saturated carbocycles. The number of piperidine rings is 1. The number of halogens is 2. The Morgan fingerprint density at radius 3 is 2.73 bits per heavy atom. The van der Waals surface area contributed by atoms with Crippen molar-refractivity contribution in [2.75, 3.05) is 19.6 Å². The predicted molar refractivity (Wildman–Crippen MR) is 90.8 cm³/mol. The zero-order valence-corrected chi connectivity index (χ0v) is 13.8. The van der Waals surface area contributed by atoms with Crippen LogP contribution in [0.3, 0.4) is 0 Å². The number of rotatable bonds is 3. The first-order valence-electron chi connectivity index (χ1n) is 7.26. The Balaban J connectivity index is 0.00000176.